The van der Waals surface area contributed by atoms with Crippen LogP contribution in [0.3, 0.4) is 0 Å². The number of carboxylic acid groups (broad SMARTS) is 1. The summed E-state index contributed by atoms with van der Waals surface area (Å²) in [6.45, 7) is 4.51. The Labute approximate surface area is 220 Å². The summed E-state index contributed by atoms with van der Waals surface area (Å²) in [4.78, 5) is 10.8. The molecule has 0 aromatic heterocycles. The first-order chi connectivity index (χ1) is 17.8. The Morgan fingerprint density at radius 3 is 2.78 bits per heavy atom. The van der Waals surface area contributed by atoms with Crippen LogP contribution in [0.4, 0.5) is 14.5 Å². The summed E-state index contributed by atoms with van der Waals surface area (Å²) in [5.41, 5.74) is 4.91. The number of rotatable bonds is 10. The van der Waals surface area contributed by atoms with E-state index < -0.39 is 11.8 Å². The Kier molecular flexibility index (Phi) is 8.59. The molecule has 8 heteroatoms. The van der Waals surface area contributed by atoms with Gasteiger partial charge in [0.2, 0.25) is 0 Å². The number of hydrogen-bond acceptors (Lipinski definition) is 5. The lowest BCUT2D eigenvalue weighted by Gasteiger charge is -2.29. The zero-order chi connectivity index (χ0) is 26.5. The number of benzene rings is 3. The van der Waals surface area contributed by atoms with E-state index in [0.29, 0.717) is 35.8 Å². The molecular weight excluding hydrogens is 496 g/mol. The first-order valence-corrected chi connectivity index (χ1v) is 13.6. The van der Waals surface area contributed by atoms with E-state index in [4.69, 9.17) is 14.6 Å². The fourth-order valence-electron chi connectivity index (χ4n) is 4.61. The van der Waals surface area contributed by atoms with Crippen molar-refractivity contribution in [2.24, 2.45) is 0 Å². The average Bonchev–Trinajstić information content (AvgIpc) is 2.88. The molecule has 0 fully saturated rings. The van der Waals surface area contributed by atoms with Gasteiger partial charge in [0.05, 0.1) is 18.3 Å². The average molecular weight is 528 g/mol. The molecule has 1 unspecified atom stereocenters. The molecule has 1 aliphatic rings. The van der Waals surface area contributed by atoms with E-state index in [1.54, 1.807) is 30.8 Å². The first kappa shape index (κ1) is 26.8. The van der Waals surface area contributed by atoms with Crippen molar-refractivity contribution in [3.63, 3.8) is 0 Å². The topological polar surface area (TPSA) is 67.8 Å². The van der Waals surface area contributed by atoms with Crippen LogP contribution in [0.2, 0.25) is 0 Å². The third-order valence-corrected chi connectivity index (χ3v) is 7.18. The van der Waals surface area contributed by atoms with E-state index >= 15 is 4.39 Å². The summed E-state index contributed by atoms with van der Waals surface area (Å²) in [5, 5.41) is 12.2. The van der Waals surface area contributed by atoms with Crippen LogP contribution in [0.5, 0.6) is 11.5 Å². The molecule has 37 heavy (non-hydrogen) atoms. The van der Waals surface area contributed by atoms with Gasteiger partial charge in [-0.3, -0.25) is 4.79 Å². The minimum absolute atomic E-state index is 0.0974. The zero-order valence-corrected chi connectivity index (χ0v) is 22.0. The number of ether oxygens (including phenoxy) is 2. The quantitative estimate of drug-likeness (QED) is 0.278. The molecule has 1 heterocycles. The van der Waals surface area contributed by atoms with Crippen LogP contribution < -0.4 is 14.8 Å². The third kappa shape index (κ3) is 6.18. The van der Waals surface area contributed by atoms with Crippen LogP contribution in [0.15, 0.2) is 42.5 Å². The SMILES string of the molecule is CSCCCOc1cc(C)c(-c2cccc(C3COc4cc(CCC(=O)O)c(F)cc4N3)c2)c(C)c1F. The zero-order valence-electron chi connectivity index (χ0n) is 21.2. The maximum Gasteiger partial charge on any atom is 0.303 e. The number of carboxylic acids is 1. The standard InChI is InChI=1S/C29H31F2NO4S/c1-17-12-26(35-10-5-11-37-3)29(31)18(2)28(17)21-7-4-6-20(13-21)24-16-36-25-14-19(8-9-27(33)34)22(30)15-23(25)32-24/h4,6-7,12-15,24,32H,5,8-11,16H2,1-3H3,(H,33,34). The number of fused-ring (bicyclic) bond motifs is 1. The number of aliphatic carboxylic acids is 1. The van der Waals surface area contributed by atoms with E-state index in [2.05, 4.69) is 5.32 Å². The van der Waals surface area contributed by atoms with E-state index in [-0.39, 0.29) is 30.5 Å². The van der Waals surface area contributed by atoms with Crippen molar-refractivity contribution in [3.05, 3.63) is 76.4 Å². The van der Waals surface area contributed by atoms with Gasteiger partial charge in [0.15, 0.2) is 11.6 Å². The number of carbonyl (C=O) groups is 1. The lowest BCUT2D eigenvalue weighted by molar-refractivity contribution is -0.136. The molecule has 1 atom stereocenters. The highest BCUT2D eigenvalue weighted by atomic mass is 32.2. The van der Waals surface area contributed by atoms with Gasteiger partial charge in [-0.1, -0.05) is 18.2 Å². The molecule has 0 saturated heterocycles. The molecule has 5 nitrogen and oxygen atoms in total. The minimum atomic E-state index is -0.977. The molecule has 0 aliphatic carbocycles. The molecule has 0 amide bonds. The Balaban J connectivity index is 1.55. The van der Waals surface area contributed by atoms with E-state index in [9.17, 15) is 9.18 Å². The number of aryl methyl sites for hydroxylation is 2. The van der Waals surface area contributed by atoms with Gasteiger partial charge in [0.25, 0.3) is 0 Å². The van der Waals surface area contributed by atoms with Gasteiger partial charge in [0.1, 0.15) is 18.2 Å². The van der Waals surface area contributed by atoms with Gasteiger partial charge in [-0.2, -0.15) is 11.8 Å². The monoisotopic (exact) mass is 527 g/mol. The summed E-state index contributed by atoms with van der Waals surface area (Å²) >= 11 is 1.73. The highest BCUT2D eigenvalue weighted by Gasteiger charge is 2.24. The Morgan fingerprint density at radius 2 is 2.03 bits per heavy atom. The number of hydrogen-bond donors (Lipinski definition) is 2. The van der Waals surface area contributed by atoms with Gasteiger partial charge in [-0.15, -0.1) is 0 Å². The normalized spacial score (nSPS) is 14.5. The summed E-state index contributed by atoms with van der Waals surface area (Å²) in [7, 11) is 0. The van der Waals surface area contributed by atoms with E-state index in [1.165, 1.54) is 6.07 Å². The maximum atomic E-state index is 15.2. The Hall–Kier alpha value is -3.26. The second-order valence-corrected chi connectivity index (χ2v) is 10.2. The summed E-state index contributed by atoms with van der Waals surface area (Å²) < 4.78 is 41.4. The smallest absolute Gasteiger partial charge is 0.303 e. The van der Waals surface area contributed by atoms with Gasteiger partial charge in [-0.05, 0) is 90.3 Å². The molecule has 0 spiro atoms. The number of nitrogens with one attached hydrogen (secondary N) is 1. The van der Waals surface area contributed by atoms with Gasteiger partial charge < -0.3 is 19.9 Å². The van der Waals surface area contributed by atoms with Gasteiger partial charge in [-0.25, -0.2) is 8.78 Å². The van der Waals surface area contributed by atoms with Crippen molar-refractivity contribution in [2.75, 3.05) is 30.5 Å². The Bertz CT molecular complexity index is 1300. The number of anilines is 1. The maximum absolute atomic E-state index is 15.2. The van der Waals surface area contributed by atoms with Crippen LogP contribution >= 0.6 is 11.8 Å². The second kappa shape index (κ2) is 11.9. The molecule has 2 N–H and O–H groups in total. The van der Waals surface area contributed by atoms with Crippen molar-refractivity contribution in [2.45, 2.75) is 39.2 Å². The molecule has 196 valence electrons. The summed E-state index contributed by atoms with van der Waals surface area (Å²) in [6, 6.07) is 12.3. The lowest BCUT2D eigenvalue weighted by Crippen LogP contribution is -2.24. The Morgan fingerprint density at radius 1 is 1.22 bits per heavy atom. The van der Waals surface area contributed by atoms with Crippen molar-refractivity contribution in [1.29, 1.82) is 0 Å². The summed E-state index contributed by atoms with van der Waals surface area (Å²) in [5.74, 6) is -0.0576. The molecule has 3 aromatic rings. The number of halogens is 2. The van der Waals surface area contributed by atoms with Crippen molar-refractivity contribution < 1.29 is 28.2 Å². The van der Waals surface area contributed by atoms with Crippen LogP contribution in [-0.2, 0) is 11.2 Å². The van der Waals surface area contributed by atoms with Gasteiger partial charge in [0, 0.05) is 12.5 Å². The molecule has 3 aromatic carbocycles. The van der Waals surface area contributed by atoms with Crippen molar-refractivity contribution in [3.8, 4) is 22.6 Å². The predicted octanol–water partition coefficient (Wildman–Crippen LogP) is 6.94. The minimum Gasteiger partial charge on any atom is -0.490 e. The summed E-state index contributed by atoms with van der Waals surface area (Å²) in [6.07, 6.45) is 2.84. The second-order valence-electron chi connectivity index (χ2n) is 9.17. The molecule has 1 aliphatic heterocycles. The predicted molar refractivity (Wildman–Crippen MR) is 144 cm³/mol. The number of thioether (sulfide) groups is 1. The van der Waals surface area contributed by atoms with Crippen molar-refractivity contribution >= 4 is 23.4 Å². The fraction of sp³-hybridized carbons (Fsp3) is 0.345. The first-order valence-electron chi connectivity index (χ1n) is 12.2. The highest BCUT2D eigenvalue weighted by Crippen LogP contribution is 2.38. The third-order valence-electron chi connectivity index (χ3n) is 6.48. The van der Waals surface area contributed by atoms with Crippen LogP contribution in [-0.4, -0.2) is 36.3 Å². The molecule has 4 rings (SSSR count). The van der Waals surface area contributed by atoms with Crippen LogP contribution in [0.1, 0.15) is 41.1 Å². The molecular formula is C29H31F2NO4S. The van der Waals surface area contributed by atoms with E-state index in [0.717, 1.165) is 34.4 Å². The lowest BCUT2D eigenvalue weighted by atomic mass is 9.92. The molecule has 0 radical (unpaired) electrons. The van der Waals surface area contributed by atoms with Gasteiger partial charge >= 0.3 is 5.97 Å². The largest absolute Gasteiger partial charge is 0.490 e. The van der Waals surface area contributed by atoms with Crippen LogP contribution in [0, 0.1) is 25.5 Å². The fourth-order valence-corrected chi connectivity index (χ4v) is 5.02. The molecule has 0 bridgehead atoms. The molecule has 0 saturated carbocycles. The van der Waals surface area contributed by atoms with Crippen LogP contribution in [0.25, 0.3) is 11.1 Å². The van der Waals surface area contributed by atoms with E-state index in [1.807, 2.05) is 37.4 Å². The van der Waals surface area contributed by atoms with Crippen molar-refractivity contribution in [1.82, 2.24) is 0 Å². The highest BCUT2D eigenvalue weighted by molar-refractivity contribution is 7.98.